The Bertz CT molecular complexity index is 306. The molecule has 0 unspecified atom stereocenters. The normalized spacial score (nSPS) is 18.1. The van der Waals surface area contributed by atoms with Crippen molar-refractivity contribution in [2.75, 3.05) is 6.54 Å². The van der Waals surface area contributed by atoms with Crippen molar-refractivity contribution >= 4 is 11.3 Å². The van der Waals surface area contributed by atoms with Gasteiger partial charge in [0.25, 0.3) is 0 Å². The number of nitriles is 1. The SMILES string of the molecule is N#CC1(CNCc2cccs2)CC1. The minimum absolute atomic E-state index is 0.0166. The molecule has 1 N–H and O–H groups in total. The minimum atomic E-state index is -0.0166. The van der Waals surface area contributed by atoms with Crippen molar-refractivity contribution in [3.05, 3.63) is 22.4 Å². The fourth-order valence-electron chi connectivity index (χ4n) is 1.32. The van der Waals surface area contributed by atoms with Gasteiger partial charge in [0.15, 0.2) is 0 Å². The predicted octanol–water partition coefficient (Wildman–Crippen LogP) is 2.14. The zero-order valence-corrected chi connectivity index (χ0v) is 8.23. The van der Waals surface area contributed by atoms with Gasteiger partial charge in [-0.15, -0.1) is 11.3 Å². The van der Waals surface area contributed by atoms with Crippen LogP contribution in [-0.4, -0.2) is 6.54 Å². The van der Waals surface area contributed by atoms with Gasteiger partial charge in [0.05, 0.1) is 11.5 Å². The van der Waals surface area contributed by atoms with E-state index in [4.69, 9.17) is 5.26 Å². The highest BCUT2D eigenvalue weighted by Crippen LogP contribution is 2.44. The van der Waals surface area contributed by atoms with Crippen LogP contribution < -0.4 is 5.32 Å². The van der Waals surface area contributed by atoms with Crippen molar-refractivity contribution in [2.24, 2.45) is 5.41 Å². The van der Waals surface area contributed by atoms with Crippen LogP contribution in [-0.2, 0) is 6.54 Å². The minimum Gasteiger partial charge on any atom is -0.310 e. The molecular formula is C10H12N2S. The number of hydrogen-bond acceptors (Lipinski definition) is 3. The molecule has 0 radical (unpaired) electrons. The van der Waals surface area contributed by atoms with Gasteiger partial charge < -0.3 is 5.32 Å². The highest BCUT2D eigenvalue weighted by Gasteiger charge is 2.42. The van der Waals surface area contributed by atoms with Crippen LogP contribution in [0.1, 0.15) is 17.7 Å². The van der Waals surface area contributed by atoms with Gasteiger partial charge in [-0.05, 0) is 24.3 Å². The van der Waals surface area contributed by atoms with E-state index < -0.39 is 0 Å². The Morgan fingerprint density at radius 1 is 1.62 bits per heavy atom. The van der Waals surface area contributed by atoms with Crippen LogP contribution >= 0.6 is 11.3 Å². The zero-order chi connectivity index (χ0) is 9.15. The topological polar surface area (TPSA) is 35.8 Å². The fraction of sp³-hybridized carbons (Fsp3) is 0.500. The van der Waals surface area contributed by atoms with Crippen LogP contribution in [0.15, 0.2) is 17.5 Å². The summed E-state index contributed by atoms with van der Waals surface area (Å²) in [7, 11) is 0. The molecule has 1 saturated carbocycles. The summed E-state index contributed by atoms with van der Waals surface area (Å²) >= 11 is 1.76. The molecule has 1 aromatic heterocycles. The summed E-state index contributed by atoms with van der Waals surface area (Å²) in [4.78, 5) is 1.34. The molecule has 0 saturated heterocycles. The van der Waals surface area contributed by atoms with Gasteiger partial charge in [-0.3, -0.25) is 0 Å². The quantitative estimate of drug-likeness (QED) is 0.793. The molecule has 1 fully saturated rings. The molecule has 1 heterocycles. The van der Waals surface area contributed by atoms with Gasteiger partial charge in [-0.2, -0.15) is 5.26 Å². The standard InChI is InChI=1S/C10H12N2S/c11-7-10(3-4-10)8-12-6-9-2-1-5-13-9/h1-2,5,12H,3-4,6,8H2. The lowest BCUT2D eigenvalue weighted by atomic mass is 10.1. The van der Waals surface area contributed by atoms with Gasteiger partial charge in [-0.1, -0.05) is 6.07 Å². The van der Waals surface area contributed by atoms with Gasteiger partial charge >= 0.3 is 0 Å². The van der Waals surface area contributed by atoms with Gasteiger partial charge in [-0.25, -0.2) is 0 Å². The average molecular weight is 192 g/mol. The molecule has 68 valence electrons. The van der Waals surface area contributed by atoms with E-state index in [9.17, 15) is 0 Å². The van der Waals surface area contributed by atoms with Crippen LogP contribution in [0.5, 0.6) is 0 Å². The van der Waals surface area contributed by atoms with E-state index >= 15 is 0 Å². The monoisotopic (exact) mass is 192 g/mol. The van der Waals surface area contributed by atoms with Crippen molar-refractivity contribution in [1.82, 2.24) is 5.32 Å². The van der Waals surface area contributed by atoms with Crippen LogP contribution in [0.25, 0.3) is 0 Å². The average Bonchev–Trinajstić information content (AvgIpc) is 2.74. The molecule has 0 atom stereocenters. The summed E-state index contributed by atoms with van der Waals surface area (Å²) in [5.41, 5.74) is -0.0166. The molecule has 1 aliphatic carbocycles. The maximum atomic E-state index is 8.83. The summed E-state index contributed by atoms with van der Waals surface area (Å²) in [5.74, 6) is 0. The van der Waals surface area contributed by atoms with Crippen molar-refractivity contribution in [3.8, 4) is 6.07 Å². The van der Waals surface area contributed by atoms with Crippen molar-refractivity contribution in [3.63, 3.8) is 0 Å². The second-order valence-corrected chi connectivity index (χ2v) is 4.61. The zero-order valence-electron chi connectivity index (χ0n) is 7.42. The number of hydrogen-bond donors (Lipinski definition) is 1. The first kappa shape index (κ1) is 8.74. The molecule has 1 aliphatic rings. The molecule has 2 nitrogen and oxygen atoms in total. The number of nitrogens with one attached hydrogen (secondary N) is 1. The molecule has 3 heteroatoms. The van der Waals surface area contributed by atoms with E-state index in [0.29, 0.717) is 0 Å². The molecule has 13 heavy (non-hydrogen) atoms. The van der Waals surface area contributed by atoms with E-state index in [1.54, 1.807) is 11.3 Å². The Balaban J connectivity index is 1.73. The van der Waals surface area contributed by atoms with Crippen molar-refractivity contribution in [1.29, 1.82) is 5.26 Å². The Hall–Kier alpha value is -0.850. The number of rotatable bonds is 4. The lowest BCUT2D eigenvalue weighted by molar-refractivity contribution is 0.561. The van der Waals surface area contributed by atoms with Gasteiger partial charge in [0, 0.05) is 18.0 Å². The highest BCUT2D eigenvalue weighted by atomic mass is 32.1. The van der Waals surface area contributed by atoms with Crippen LogP contribution in [0.4, 0.5) is 0 Å². The molecule has 0 bridgehead atoms. The second-order valence-electron chi connectivity index (χ2n) is 3.58. The third kappa shape index (κ3) is 2.09. The smallest absolute Gasteiger partial charge is 0.0703 e. The summed E-state index contributed by atoms with van der Waals surface area (Å²) in [6.45, 7) is 1.75. The third-order valence-corrected chi connectivity index (χ3v) is 3.31. The first-order chi connectivity index (χ1) is 6.35. The van der Waals surface area contributed by atoms with Crippen molar-refractivity contribution in [2.45, 2.75) is 19.4 Å². The Labute approximate surface area is 82.2 Å². The lowest BCUT2D eigenvalue weighted by Crippen LogP contribution is -2.21. The van der Waals surface area contributed by atoms with Gasteiger partial charge in [0.2, 0.25) is 0 Å². The maximum absolute atomic E-state index is 8.83. The first-order valence-electron chi connectivity index (χ1n) is 4.49. The highest BCUT2D eigenvalue weighted by molar-refractivity contribution is 7.09. The van der Waals surface area contributed by atoms with E-state index in [0.717, 1.165) is 25.9 Å². The summed E-state index contributed by atoms with van der Waals surface area (Å²) in [6, 6.07) is 6.54. The Morgan fingerprint density at radius 3 is 3.00 bits per heavy atom. The molecule has 2 rings (SSSR count). The van der Waals surface area contributed by atoms with Gasteiger partial charge in [0.1, 0.15) is 0 Å². The number of thiophene rings is 1. The van der Waals surface area contributed by atoms with E-state index in [-0.39, 0.29) is 5.41 Å². The molecule has 1 aromatic rings. The van der Waals surface area contributed by atoms with Crippen LogP contribution in [0.3, 0.4) is 0 Å². The molecular weight excluding hydrogens is 180 g/mol. The first-order valence-corrected chi connectivity index (χ1v) is 5.37. The van der Waals surface area contributed by atoms with E-state index in [1.165, 1.54) is 4.88 Å². The van der Waals surface area contributed by atoms with Crippen LogP contribution in [0, 0.1) is 16.7 Å². The third-order valence-electron chi connectivity index (χ3n) is 2.43. The summed E-state index contributed by atoms with van der Waals surface area (Å²) in [5, 5.41) is 14.2. The largest absolute Gasteiger partial charge is 0.310 e. The van der Waals surface area contributed by atoms with Crippen LogP contribution in [0.2, 0.25) is 0 Å². The fourth-order valence-corrected chi connectivity index (χ4v) is 1.99. The van der Waals surface area contributed by atoms with E-state index in [2.05, 4.69) is 28.9 Å². The molecule has 0 spiro atoms. The predicted molar refractivity (Wildman–Crippen MR) is 53.3 cm³/mol. The maximum Gasteiger partial charge on any atom is 0.0703 e. The van der Waals surface area contributed by atoms with Crippen molar-refractivity contribution < 1.29 is 0 Å². The Kier molecular flexibility index (Phi) is 2.34. The summed E-state index contributed by atoms with van der Waals surface area (Å²) in [6.07, 6.45) is 2.14. The molecule has 0 aromatic carbocycles. The lowest BCUT2D eigenvalue weighted by Gasteiger charge is -2.05. The number of nitrogens with zero attached hydrogens (tertiary/aromatic N) is 1. The molecule has 0 aliphatic heterocycles. The molecule has 0 amide bonds. The Morgan fingerprint density at radius 2 is 2.46 bits per heavy atom. The summed E-state index contributed by atoms with van der Waals surface area (Å²) < 4.78 is 0. The second kappa shape index (κ2) is 3.49. The van der Waals surface area contributed by atoms with E-state index in [1.807, 2.05) is 0 Å².